The predicted octanol–water partition coefficient (Wildman–Crippen LogP) is 3.78. The van der Waals surface area contributed by atoms with Crippen LogP contribution in [0.25, 0.3) is 0 Å². The lowest BCUT2D eigenvalue weighted by atomic mass is 9.87. The maximum absolute atomic E-state index is 3.85. The van der Waals surface area contributed by atoms with E-state index in [-0.39, 0.29) is 0 Å². The van der Waals surface area contributed by atoms with Crippen molar-refractivity contribution in [3.05, 3.63) is 22.4 Å². The highest BCUT2D eigenvalue weighted by Gasteiger charge is 2.47. The van der Waals surface area contributed by atoms with E-state index in [0.29, 0.717) is 11.6 Å². The second-order valence-corrected chi connectivity index (χ2v) is 8.65. The molecule has 2 atom stereocenters. The number of rotatable bonds is 6. The van der Waals surface area contributed by atoms with Gasteiger partial charge in [0.15, 0.2) is 0 Å². The van der Waals surface area contributed by atoms with Gasteiger partial charge in [-0.15, -0.1) is 11.3 Å². The van der Waals surface area contributed by atoms with Crippen LogP contribution in [0, 0.1) is 11.8 Å². The number of hydrogen-bond donors (Lipinski definition) is 1. The molecule has 2 fully saturated rings. The fraction of sp³-hybridized carbons (Fsp3) is 0.778. The molecular formula is C18H30N2S. The molecule has 3 rings (SSSR count). The molecule has 2 unspecified atom stereocenters. The Labute approximate surface area is 133 Å². The summed E-state index contributed by atoms with van der Waals surface area (Å²) in [6.07, 6.45) is 5.38. The molecule has 1 aliphatic heterocycles. The standard InChI is InChI=1S/C18H30N2S/c1-14(2)11-16-12-20(9-8-17-5-4-10-21-17)18(3,13-19-16)15-6-7-15/h4-5,10,14-16,19H,6-9,11-13H2,1-3H3. The van der Waals surface area contributed by atoms with Crippen molar-refractivity contribution in [1.82, 2.24) is 10.2 Å². The summed E-state index contributed by atoms with van der Waals surface area (Å²) in [4.78, 5) is 4.35. The van der Waals surface area contributed by atoms with E-state index >= 15 is 0 Å². The summed E-state index contributed by atoms with van der Waals surface area (Å²) in [7, 11) is 0. The Morgan fingerprint density at radius 2 is 2.24 bits per heavy atom. The first-order valence-electron chi connectivity index (χ1n) is 8.59. The monoisotopic (exact) mass is 306 g/mol. The van der Waals surface area contributed by atoms with Crippen LogP contribution in [0.15, 0.2) is 17.5 Å². The number of nitrogens with zero attached hydrogens (tertiary/aromatic N) is 1. The van der Waals surface area contributed by atoms with Gasteiger partial charge in [-0.3, -0.25) is 4.90 Å². The van der Waals surface area contributed by atoms with Crippen LogP contribution < -0.4 is 5.32 Å². The van der Waals surface area contributed by atoms with Crippen molar-refractivity contribution in [2.45, 2.75) is 58.0 Å². The topological polar surface area (TPSA) is 15.3 Å². The number of nitrogens with one attached hydrogen (secondary N) is 1. The summed E-state index contributed by atoms with van der Waals surface area (Å²) in [5.74, 6) is 1.71. The van der Waals surface area contributed by atoms with Gasteiger partial charge in [-0.1, -0.05) is 19.9 Å². The molecule has 0 aromatic carbocycles. The van der Waals surface area contributed by atoms with Crippen LogP contribution >= 0.6 is 11.3 Å². The lowest BCUT2D eigenvalue weighted by molar-refractivity contribution is 0.0320. The second-order valence-electron chi connectivity index (χ2n) is 7.61. The molecule has 1 saturated carbocycles. The summed E-state index contributed by atoms with van der Waals surface area (Å²) in [5.41, 5.74) is 0.394. The van der Waals surface area contributed by atoms with E-state index in [0.717, 1.165) is 11.8 Å². The zero-order valence-electron chi connectivity index (χ0n) is 13.8. The first-order valence-corrected chi connectivity index (χ1v) is 9.46. The zero-order valence-corrected chi connectivity index (χ0v) is 14.6. The van der Waals surface area contributed by atoms with E-state index in [9.17, 15) is 0 Å². The zero-order chi connectivity index (χ0) is 14.9. The Bertz CT molecular complexity index is 438. The average Bonchev–Trinajstić information content (AvgIpc) is 3.17. The van der Waals surface area contributed by atoms with Gasteiger partial charge in [0.25, 0.3) is 0 Å². The van der Waals surface area contributed by atoms with Crippen molar-refractivity contribution >= 4 is 11.3 Å². The third-order valence-electron chi connectivity index (χ3n) is 5.33. The maximum atomic E-state index is 3.85. The Morgan fingerprint density at radius 3 is 2.86 bits per heavy atom. The van der Waals surface area contributed by atoms with Gasteiger partial charge in [0.05, 0.1) is 0 Å². The van der Waals surface area contributed by atoms with E-state index in [2.05, 4.69) is 48.5 Å². The minimum absolute atomic E-state index is 0.394. The molecule has 0 spiro atoms. The Kier molecular flexibility index (Phi) is 4.72. The van der Waals surface area contributed by atoms with Gasteiger partial charge in [0, 0.05) is 36.1 Å². The van der Waals surface area contributed by atoms with Gasteiger partial charge in [-0.2, -0.15) is 0 Å². The molecule has 118 valence electrons. The van der Waals surface area contributed by atoms with E-state index in [4.69, 9.17) is 0 Å². The molecule has 1 N–H and O–H groups in total. The average molecular weight is 307 g/mol. The Balaban J connectivity index is 1.64. The van der Waals surface area contributed by atoms with Crippen molar-refractivity contribution < 1.29 is 0 Å². The fourth-order valence-corrected chi connectivity index (χ4v) is 4.58. The Hall–Kier alpha value is -0.380. The first kappa shape index (κ1) is 15.5. The van der Waals surface area contributed by atoms with Crippen LogP contribution in [-0.4, -0.2) is 36.1 Å². The predicted molar refractivity (Wildman–Crippen MR) is 92.0 cm³/mol. The van der Waals surface area contributed by atoms with Crippen LogP contribution in [0.3, 0.4) is 0 Å². The summed E-state index contributed by atoms with van der Waals surface area (Å²) < 4.78 is 0. The van der Waals surface area contributed by atoms with Gasteiger partial charge in [-0.25, -0.2) is 0 Å². The highest BCUT2D eigenvalue weighted by molar-refractivity contribution is 7.09. The molecule has 21 heavy (non-hydrogen) atoms. The van der Waals surface area contributed by atoms with Crippen LogP contribution in [-0.2, 0) is 6.42 Å². The minimum atomic E-state index is 0.394. The summed E-state index contributed by atoms with van der Waals surface area (Å²) in [6.45, 7) is 10.8. The first-order chi connectivity index (χ1) is 10.1. The van der Waals surface area contributed by atoms with Gasteiger partial charge >= 0.3 is 0 Å². The van der Waals surface area contributed by atoms with E-state index in [1.54, 1.807) is 0 Å². The van der Waals surface area contributed by atoms with Crippen molar-refractivity contribution in [1.29, 1.82) is 0 Å². The third kappa shape index (κ3) is 3.69. The number of hydrogen-bond acceptors (Lipinski definition) is 3. The van der Waals surface area contributed by atoms with Gasteiger partial charge in [-0.05, 0) is 55.9 Å². The normalized spacial score (nSPS) is 31.0. The quantitative estimate of drug-likeness (QED) is 0.860. The van der Waals surface area contributed by atoms with E-state index in [1.165, 1.54) is 50.2 Å². The molecule has 2 aliphatic rings. The highest BCUT2D eigenvalue weighted by atomic mass is 32.1. The minimum Gasteiger partial charge on any atom is -0.311 e. The molecule has 0 radical (unpaired) electrons. The fourth-order valence-electron chi connectivity index (χ4n) is 3.88. The molecule has 0 bridgehead atoms. The van der Waals surface area contributed by atoms with Crippen molar-refractivity contribution in [2.75, 3.05) is 19.6 Å². The van der Waals surface area contributed by atoms with Crippen molar-refractivity contribution in [2.24, 2.45) is 11.8 Å². The molecule has 1 saturated heterocycles. The lowest BCUT2D eigenvalue weighted by Crippen LogP contribution is -2.64. The number of piperazine rings is 1. The molecule has 3 heteroatoms. The van der Waals surface area contributed by atoms with Crippen LogP contribution in [0.4, 0.5) is 0 Å². The lowest BCUT2D eigenvalue weighted by Gasteiger charge is -2.49. The summed E-state index contributed by atoms with van der Waals surface area (Å²) in [5, 5.41) is 6.05. The second kappa shape index (κ2) is 6.39. The molecule has 2 nitrogen and oxygen atoms in total. The molecule has 0 amide bonds. The maximum Gasteiger partial charge on any atom is 0.0334 e. The SMILES string of the molecule is CC(C)CC1CN(CCc2cccs2)C(C)(C2CC2)CN1. The largest absolute Gasteiger partial charge is 0.311 e. The molecule has 1 aromatic rings. The molecule has 1 aromatic heterocycles. The Morgan fingerprint density at radius 1 is 1.43 bits per heavy atom. The van der Waals surface area contributed by atoms with Gasteiger partial charge in [0.1, 0.15) is 0 Å². The van der Waals surface area contributed by atoms with E-state index in [1.807, 2.05) is 11.3 Å². The number of thiophene rings is 1. The van der Waals surface area contributed by atoms with Crippen LogP contribution in [0.5, 0.6) is 0 Å². The molecule has 2 heterocycles. The van der Waals surface area contributed by atoms with E-state index < -0.39 is 0 Å². The molecular weight excluding hydrogens is 276 g/mol. The van der Waals surface area contributed by atoms with Gasteiger partial charge < -0.3 is 5.32 Å². The summed E-state index contributed by atoms with van der Waals surface area (Å²) >= 11 is 1.90. The van der Waals surface area contributed by atoms with Crippen LogP contribution in [0.2, 0.25) is 0 Å². The highest BCUT2D eigenvalue weighted by Crippen LogP contribution is 2.44. The summed E-state index contributed by atoms with van der Waals surface area (Å²) in [6, 6.07) is 5.15. The van der Waals surface area contributed by atoms with Crippen molar-refractivity contribution in [3.8, 4) is 0 Å². The molecule has 1 aliphatic carbocycles. The smallest absolute Gasteiger partial charge is 0.0334 e. The van der Waals surface area contributed by atoms with Crippen LogP contribution in [0.1, 0.15) is 44.9 Å². The van der Waals surface area contributed by atoms with Gasteiger partial charge in [0.2, 0.25) is 0 Å². The van der Waals surface area contributed by atoms with Crippen molar-refractivity contribution in [3.63, 3.8) is 0 Å². The third-order valence-corrected chi connectivity index (χ3v) is 6.27.